The summed E-state index contributed by atoms with van der Waals surface area (Å²) in [6.07, 6.45) is 6.71. The molecule has 2 saturated heterocycles. The highest BCUT2D eigenvalue weighted by molar-refractivity contribution is 5.76. The first-order valence-corrected chi connectivity index (χ1v) is 9.46. The normalized spacial score (nSPS) is 22.5. The van der Waals surface area contributed by atoms with Gasteiger partial charge in [-0.15, -0.1) is 0 Å². The summed E-state index contributed by atoms with van der Waals surface area (Å²) in [7, 11) is 0. The third kappa shape index (κ3) is 5.05. The molecule has 0 aromatic heterocycles. The summed E-state index contributed by atoms with van der Waals surface area (Å²) >= 11 is 0. The van der Waals surface area contributed by atoms with Crippen LogP contribution in [0, 0.1) is 0 Å². The lowest BCUT2D eigenvalue weighted by Crippen LogP contribution is -2.35. The highest BCUT2D eigenvalue weighted by Crippen LogP contribution is 2.21. The predicted molar refractivity (Wildman–Crippen MR) is 95.7 cm³/mol. The Kier molecular flexibility index (Phi) is 6.67. The number of hydrogen-bond acceptors (Lipinski definition) is 3. The third-order valence-electron chi connectivity index (χ3n) is 5.28. The highest BCUT2D eigenvalue weighted by Gasteiger charge is 2.26. The number of carbonyl (C=O) groups is 1. The predicted octanol–water partition coefficient (Wildman–Crippen LogP) is 3.07. The molecule has 1 unspecified atom stereocenters. The van der Waals surface area contributed by atoms with Crippen LogP contribution < -0.4 is 0 Å². The molecule has 2 aliphatic heterocycles. The molecule has 24 heavy (non-hydrogen) atoms. The molecule has 2 heterocycles. The van der Waals surface area contributed by atoms with Crippen LogP contribution in [0.15, 0.2) is 30.3 Å². The largest absolute Gasteiger partial charge is 0.376 e. The molecule has 4 nitrogen and oxygen atoms in total. The molecular formula is C20H30N2O2. The Bertz CT molecular complexity index is 500. The molecule has 2 aliphatic rings. The zero-order valence-corrected chi connectivity index (χ0v) is 14.7. The van der Waals surface area contributed by atoms with Gasteiger partial charge in [-0.3, -0.25) is 4.79 Å². The van der Waals surface area contributed by atoms with E-state index in [1.54, 1.807) is 0 Å². The maximum atomic E-state index is 12.4. The van der Waals surface area contributed by atoms with Crippen LogP contribution in [-0.2, 0) is 16.1 Å². The van der Waals surface area contributed by atoms with E-state index in [9.17, 15) is 4.79 Å². The second kappa shape index (κ2) is 9.19. The summed E-state index contributed by atoms with van der Waals surface area (Å²) in [5.41, 5.74) is 1.16. The fourth-order valence-electron chi connectivity index (χ4n) is 3.88. The summed E-state index contributed by atoms with van der Waals surface area (Å²) < 4.78 is 5.66. The second-order valence-corrected chi connectivity index (χ2v) is 7.00. The lowest BCUT2D eigenvalue weighted by atomic mass is 10.1. The zero-order chi connectivity index (χ0) is 16.6. The van der Waals surface area contributed by atoms with Crippen molar-refractivity contribution in [3.8, 4) is 0 Å². The van der Waals surface area contributed by atoms with E-state index in [0.29, 0.717) is 25.7 Å². The quantitative estimate of drug-likeness (QED) is 0.752. The minimum atomic E-state index is 0.255. The van der Waals surface area contributed by atoms with E-state index in [2.05, 4.69) is 21.9 Å². The molecule has 0 radical (unpaired) electrons. The smallest absolute Gasteiger partial charge is 0.224 e. The Morgan fingerprint density at radius 1 is 1.00 bits per heavy atom. The number of hydrogen-bond donors (Lipinski definition) is 0. The van der Waals surface area contributed by atoms with Gasteiger partial charge in [-0.05, 0) is 50.8 Å². The van der Waals surface area contributed by atoms with Gasteiger partial charge in [0, 0.05) is 19.1 Å². The SMILES string of the molecule is O=C(CCOCc1ccccc1)N1CCCC(N2CCCC2)CC1. The minimum absolute atomic E-state index is 0.255. The number of carbonyl (C=O) groups excluding carboxylic acids is 1. The van der Waals surface area contributed by atoms with Crippen molar-refractivity contribution in [1.82, 2.24) is 9.80 Å². The van der Waals surface area contributed by atoms with Crippen LogP contribution in [0.1, 0.15) is 44.1 Å². The molecule has 0 bridgehead atoms. The van der Waals surface area contributed by atoms with Crippen molar-refractivity contribution in [2.75, 3.05) is 32.8 Å². The molecule has 3 rings (SSSR count). The minimum Gasteiger partial charge on any atom is -0.376 e. The van der Waals surface area contributed by atoms with Gasteiger partial charge in [-0.25, -0.2) is 0 Å². The van der Waals surface area contributed by atoms with E-state index < -0.39 is 0 Å². The van der Waals surface area contributed by atoms with Gasteiger partial charge in [-0.2, -0.15) is 0 Å². The van der Waals surface area contributed by atoms with Crippen molar-refractivity contribution in [2.45, 2.75) is 51.2 Å². The highest BCUT2D eigenvalue weighted by atomic mass is 16.5. The van der Waals surface area contributed by atoms with E-state index >= 15 is 0 Å². The monoisotopic (exact) mass is 330 g/mol. The Morgan fingerprint density at radius 2 is 1.79 bits per heavy atom. The van der Waals surface area contributed by atoms with Crippen molar-refractivity contribution in [3.63, 3.8) is 0 Å². The van der Waals surface area contributed by atoms with Crippen LogP contribution in [0.2, 0.25) is 0 Å². The van der Waals surface area contributed by atoms with Crippen LogP contribution >= 0.6 is 0 Å². The summed E-state index contributed by atoms with van der Waals surface area (Å²) in [5, 5.41) is 0. The molecule has 1 amide bonds. The van der Waals surface area contributed by atoms with E-state index in [1.165, 1.54) is 32.4 Å². The van der Waals surface area contributed by atoms with E-state index in [0.717, 1.165) is 31.5 Å². The van der Waals surface area contributed by atoms with Crippen molar-refractivity contribution >= 4 is 5.91 Å². The van der Waals surface area contributed by atoms with Crippen molar-refractivity contribution in [3.05, 3.63) is 35.9 Å². The van der Waals surface area contributed by atoms with Crippen molar-refractivity contribution in [1.29, 1.82) is 0 Å². The average Bonchev–Trinajstić information content (AvgIpc) is 3.04. The molecule has 1 aromatic rings. The van der Waals surface area contributed by atoms with E-state index in [-0.39, 0.29) is 5.91 Å². The van der Waals surface area contributed by atoms with Gasteiger partial charge in [0.05, 0.1) is 19.6 Å². The van der Waals surface area contributed by atoms with Crippen LogP contribution in [-0.4, -0.2) is 54.5 Å². The first kappa shape index (κ1) is 17.4. The molecule has 0 aliphatic carbocycles. The Morgan fingerprint density at radius 3 is 2.58 bits per heavy atom. The molecule has 0 spiro atoms. The number of nitrogens with zero attached hydrogens (tertiary/aromatic N) is 2. The average molecular weight is 330 g/mol. The van der Waals surface area contributed by atoms with E-state index in [1.807, 2.05) is 18.2 Å². The van der Waals surface area contributed by atoms with Gasteiger partial charge in [0.1, 0.15) is 0 Å². The summed E-state index contributed by atoms with van der Waals surface area (Å²) in [4.78, 5) is 17.1. The number of rotatable bonds is 6. The van der Waals surface area contributed by atoms with Gasteiger partial charge >= 0.3 is 0 Å². The van der Waals surface area contributed by atoms with Crippen LogP contribution in [0.5, 0.6) is 0 Å². The van der Waals surface area contributed by atoms with Gasteiger partial charge in [-0.1, -0.05) is 30.3 Å². The molecule has 4 heteroatoms. The number of ether oxygens (including phenoxy) is 1. The summed E-state index contributed by atoms with van der Waals surface area (Å²) in [6, 6.07) is 10.8. The van der Waals surface area contributed by atoms with Gasteiger partial charge in [0.2, 0.25) is 5.91 Å². The van der Waals surface area contributed by atoms with Crippen LogP contribution in [0.25, 0.3) is 0 Å². The van der Waals surface area contributed by atoms with E-state index in [4.69, 9.17) is 4.74 Å². The first-order chi connectivity index (χ1) is 11.8. The van der Waals surface area contributed by atoms with Crippen molar-refractivity contribution in [2.24, 2.45) is 0 Å². The maximum Gasteiger partial charge on any atom is 0.224 e. The lowest BCUT2D eigenvalue weighted by molar-refractivity contribution is -0.132. The molecule has 1 aromatic carbocycles. The molecule has 132 valence electrons. The lowest BCUT2D eigenvalue weighted by Gasteiger charge is -2.26. The Labute approximate surface area is 145 Å². The molecule has 0 saturated carbocycles. The standard InChI is InChI=1S/C20H30N2O2/c23-20(11-16-24-17-18-7-2-1-3-8-18)22-14-6-9-19(10-15-22)21-12-4-5-13-21/h1-3,7-8,19H,4-6,9-17H2. The van der Waals surface area contributed by atoms with Gasteiger partial charge in [0.15, 0.2) is 0 Å². The fraction of sp³-hybridized carbons (Fsp3) is 0.650. The van der Waals surface area contributed by atoms with Crippen LogP contribution in [0.4, 0.5) is 0 Å². The topological polar surface area (TPSA) is 32.8 Å². The first-order valence-electron chi connectivity index (χ1n) is 9.46. The number of amides is 1. The maximum absolute atomic E-state index is 12.4. The van der Waals surface area contributed by atoms with Gasteiger partial charge < -0.3 is 14.5 Å². The molecular weight excluding hydrogens is 300 g/mol. The number of benzene rings is 1. The number of likely N-dealkylation sites (tertiary alicyclic amines) is 2. The second-order valence-electron chi connectivity index (χ2n) is 7.00. The van der Waals surface area contributed by atoms with Gasteiger partial charge in [0.25, 0.3) is 0 Å². The zero-order valence-electron chi connectivity index (χ0n) is 14.7. The Hall–Kier alpha value is -1.39. The fourth-order valence-corrected chi connectivity index (χ4v) is 3.88. The molecule has 1 atom stereocenters. The van der Waals surface area contributed by atoms with Crippen molar-refractivity contribution < 1.29 is 9.53 Å². The Balaban J connectivity index is 1.35. The summed E-state index contributed by atoms with van der Waals surface area (Å²) in [6.45, 7) is 5.45. The van der Waals surface area contributed by atoms with Crippen LogP contribution in [0.3, 0.4) is 0 Å². The summed E-state index contributed by atoms with van der Waals surface area (Å²) in [5.74, 6) is 0.255. The molecule has 0 N–H and O–H groups in total. The molecule has 2 fully saturated rings. The third-order valence-corrected chi connectivity index (χ3v) is 5.28.